The van der Waals surface area contributed by atoms with Crippen molar-refractivity contribution in [2.75, 3.05) is 39.9 Å². The fourth-order valence-electron chi connectivity index (χ4n) is 9.04. The highest BCUT2D eigenvalue weighted by atomic mass is 35.5. The summed E-state index contributed by atoms with van der Waals surface area (Å²) < 4.78 is 11.6. The van der Waals surface area contributed by atoms with Crippen molar-refractivity contribution in [2.45, 2.75) is 91.7 Å². The van der Waals surface area contributed by atoms with Gasteiger partial charge in [-0.2, -0.15) is 5.26 Å². The molecule has 1 aliphatic carbocycles. The number of hydrogen-bond acceptors (Lipinski definition) is 14. The van der Waals surface area contributed by atoms with Gasteiger partial charge in [0.1, 0.15) is 35.7 Å². The number of unbranched alkanes of at least 4 members (excludes halogenated alkanes) is 1. The van der Waals surface area contributed by atoms with Gasteiger partial charge >= 0.3 is 0 Å². The molecule has 5 aromatic rings. The van der Waals surface area contributed by atoms with Gasteiger partial charge in [-0.15, -0.1) is 0 Å². The quantitative estimate of drug-likeness (QED) is 0.0936. The smallest absolute Gasteiger partial charge is 0.168 e. The van der Waals surface area contributed by atoms with Gasteiger partial charge < -0.3 is 30.6 Å². The summed E-state index contributed by atoms with van der Waals surface area (Å²) in [6.45, 7) is 14.3. The number of piperidine rings is 1. The number of fused-ring (bicyclic) bond motifs is 1. The maximum Gasteiger partial charge on any atom is 0.168 e. The zero-order valence-corrected chi connectivity index (χ0v) is 40.8. The maximum absolute atomic E-state index is 10.9. The molecular formula is C53H64ClN9O5. The Morgan fingerprint density at radius 3 is 2.28 bits per heavy atom. The minimum atomic E-state index is 0.175. The van der Waals surface area contributed by atoms with E-state index in [2.05, 4.69) is 71.7 Å². The molecule has 1 saturated carbocycles. The monoisotopic (exact) mass is 941 g/mol. The molecule has 2 aliphatic heterocycles. The van der Waals surface area contributed by atoms with Crippen LogP contribution in [-0.2, 0) is 16.0 Å². The summed E-state index contributed by atoms with van der Waals surface area (Å²) in [5.74, 6) is 1.52. The molecule has 0 spiro atoms. The SMILES string of the molecule is CC1(C)CC(C)(C)C1Oc1ccc(C#N)c(Cl)c1.CC=O.CN1CCC(=NC2CCOCC2)/C(=C(\N)c2cccc3cc(-c4ccc(C=O)nc4)ncc23)C1.NCCCCc1ncc(C=O)cn1. The highest BCUT2D eigenvalue weighted by molar-refractivity contribution is 6.31. The van der Waals surface area contributed by atoms with Crippen molar-refractivity contribution in [2.24, 2.45) is 27.3 Å². The van der Waals surface area contributed by atoms with E-state index in [9.17, 15) is 9.59 Å². The lowest BCUT2D eigenvalue weighted by molar-refractivity contribution is -0.133. The number of nitrogens with two attached hydrogens (primary N) is 2. The molecule has 0 radical (unpaired) electrons. The highest BCUT2D eigenvalue weighted by Crippen LogP contribution is 2.55. The van der Waals surface area contributed by atoms with Gasteiger partial charge in [-0.3, -0.25) is 24.5 Å². The van der Waals surface area contributed by atoms with Crippen LogP contribution >= 0.6 is 11.6 Å². The van der Waals surface area contributed by atoms with Gasteiger partial charge in [0, 0.05) is 114 Å². The van der Waals surface area contributed by atoms with Crippen LogP contribution < -0.4 is 16.2 Å². The van der Waals surface area contributed by atoms with Crippen LogP contribution in [0.25, 0.3) is 27.7 Å². The van der Waals surface area contributed by atoms with Crippen LogP contribution in [0.2, 0.25) is 5.02 Å². The lowest BCUT2D eigenvalue weighted by atomic mass is 9.53. The van der Waals surface area contributed by atoms with Gasteiger partial charge in [0.15, 0.2) is 12.6 Å². The van der Waals surface area contributed by atoms with E-state index in [4.69, 9.17) is 47.6 Å². The Bertz CT molecular complexity index is 2570. The number of hydrogen-bond donors (Lipinski definition) is 2. The largest absolute Gasteiger partial charge is 0.489 e. The van der Waals surface area contributed by atoms with Crippen molar-refractivity contribution in [3.8, 4) is 23.1 Å². The van der Waals surface area contributed by atoms with Gasteiger partial charge in [0.05, 0.1) is 27.9 Å². The Morgan fingerprint density at radius 2 is 1.68 bits per heavy atom. The molecule has 4 N–H and O–H groups in total. The lowest BCUT2D eigenvalue weighted by Crippen LogP contribution is -2.58. The van der Waals surface area contributed by atoms with Gasteiger partial charge in [-0.05, 0) is 88.3 Å². The summed E-state index contributed by atoms with van der Waals surface area (Å²) >= 11 is 6.01. The predicted octanol–water partition coefficient (Wildman–Crippen LogP) is 8.93. The number of benzene rings is 2. The number of pyridine rings is 2. The lowest BCUT2D eigenvalue weighted by Gasteiger charge is -2.56. The number of likely N-dealkylation sites (tertiary alicyclic amines) is 1. The Balaban J connectivity index is 0.000000212. The van der Waals surface area contributed by atoms with E-state index in [-0.39, 0.29) is 16.9 Å². The third-order valence-corrected chi connectivity index (χ3v) is 12.3. The number of likely N-dealkylation sites (N-methyl/N-ethyl adjacent to an activating group) is 1. The van der Waals surface area contributed by atoms with Crippen LogP contribution in [-0.4, -0.2) is 101 Å². The van der Waals surface area contributed by atoms with E-state index < -0.39 is 0 Å². The first kappa shape index (κ1) is 52.7. The van der Waals surface area contributed by atoms with Crippen molar-refractivity contribution in [3.05, 3.63) is 118 Å². The number of aryl methyl sites for hydroxylation is 1. The Kier molecular flexibility index (Phi) is 19.6. The Morgan fingerprint density at radius 1 is 0.956 bits per heavy atom. The van der Waals surface area contributed by atoms with Gasteiger partial charge in [0.25, 0.3) is 0 Å². The van der Waals surface area contributed by atoms with E-state index in [1.807, 2.05) is 36.5 Å². The van der Waals surface area contributed by atoms with Crippen molar-refractivity contribution >= 4 is 52.6 Å². The minimum Gasteiger partial charge on any atom is -0.489 e. The summed E-state index contributed by atoms with van der Waals surface area (Å²) in [6, 6.07) is 19.4. The number of rotatable bonds is 11. The first-order chi connectivity index (χ1) is 32.7. The molecule has 0 amide bonds. The number of aldehydes is 3. The molecule has 8 rings (SSSR count). The summed E-state index contributed by atoms with van der Waals surface area (Å²) in [5.41, 5.74) is 19.6. The van der Waals surface area contributed by atoms with Crippen molar-refractivity contribution in [1.82, 2.24) is 24.8 Å². The number of nitriles is 1. The number of aromatic nitrogens is 4. The summed E-state index contributed by atoms with van der Waals surface area (Å²) in [4.78, 5) is 54.3. The molecule has 0 atom stereocenters. The number of ether oxygens (including phenoxy) is 2. The van der Waals surface area contributed by atoms with Crippen LogP contribution in [0.3, 0.4) is 0 Å². The first-order valence-electron chi connectivity index (χ1n) is 23.0. The molecule has 5 heterocycles. The molecule has 0 bridgehead atoms. The zero-order valence-electron chi connectivity index (χ0n) is 40.1. The molecule has 3 fully saturated rings. The van der Waals surface area contributed by atoms with E-state index in [1.165, 1.54) is 19.3 Å². The van der Waals surface area contributed by atoms with E-state index in [0.29, 0.717) is 34.4 Å². The first-order valence-corrected chi connectivity index (χ1v) is 23.4. The highest BCUT2D eigenvalue weighted by Gasteiger charge is 2.54. The molecule has 0 unspecified atom stereocenters. The van der Waals surface area contributed by atoms with Crippen LogP contribution in [0.4, 0.5) is 0 Å². The number of carbonyl (C=O) groups is 3. The van der Waals surface area contributed by atoms with Gasteiger partial charge in [0.2, 0.25) is 0 Å². The molecule has 358 valence electrons. The molecule has 15 heteroatoms. The second-order valence-corrected chi connectivity index (χ2v) is 18.8. The topological polar surface area (TPSA) is 213 Å². The molecule has 3 aliphatic rings. The van der Waals surface area contributed by atoms with Gasteiger partial charge in [-0.25, -0.2) is 9.97 Å². The van der Waals surface area contributed by atoms with Crippen molar-refractivity contribution in [1.29, 1.82) is 5.26 Å². The minimum absolute atomic E-state index is 0.175. The van der Waals surface area contributed by atoms with Crippen LogP contribution in [0, 0.1) is 22.2 Å². The third kappa shape index (κ3) is 14.4. The average molecular weight is 943 g/mol. The van der Waals surface area contributed by atoms with Crippen LogP contribution in [0.5, 0.6) is 5.75 Å². The number of carbonyl (C=O) groups excluding carboxylic acids is 3. The maximum atomic E-state index is 10.9. The molecule has 2 aromatic carbocycles. The Labute approximate surface area is 405 Å². The van der Waals surface area contributed by atoms with Crippen molar-refractivity contribution in [3.63, 3.8) is 0 Å². The summed E-state index contributed by atoms with van der Waals surface area (Å²) in [5, 5.41) is 11.3. The molecule has 68 heavy (non-hydrogen) atoms. The third-order valence-electron chi connectivity index (χ3n) is 12.0. The van der Waals surface area contributed by atoms with E-state index >= 15 is 0 Å². The molecular weight excluding hydrogens is 878 g/mol. The Hall–Kier alpha value is -6.24. The second kappa shape index (κ2) is 25.2. The number of nitrogens with zero attached hydrogens (tertiary/aromatic N) is 7. The summed E-state index contributed by atoms with van der Waals surface area (Å²) in [6.07, 6.45) is 15.8. The molecule has 2 saturated heterocycles. The molecule has 3 aromatic heterocycles. The average Bonchev–Trinajstić information content (AvgIpc) is 3.34. The van der Waals surface area contributed by atoms with E-state index in [1.54, 1.807) is 24.4 Å². The summed E-state index contributed by atoms with van der Waals surface area (Å²) in [7, 11) is 2.12. The van der Waals surface area contributed by atoms with Gasteiger partial charge in [-0.1, -0.05) is 57.5 Å². The van der Waals surface area contributed by atoms with Crippen molar-refractivity contribution < 1.29 is 23.9 Å². The predicted molar refractivity (Wildman–Crippen MR) is 269 cm³/mol. The normalized spacial score (nSPS) is 17.9. The van der Waals surface area contributed by atoms with Crippen LogP contribution in [0.1, 0.15) is 111 Å². The zero-order chi connectivity index (χ0) is 49.3. The fraction of sp³-hybridized carbons (Fsp3) is 0.415. The number of aliphatic imine (C=N–C) groups is 1. The number of halogens is 1. The fourth-order valence-corrected chi connectivity index (χ4v) is 9.26. The second-order valence-electron chi connectivity index (χ2n) is 18.4. The van der Waals surface area contributed by atoms with E-state index in [0.717, 1.165) is 146 Å². The standard InChI is InChI=1S/C27H29N5O2.C15H18ClNO.C9H13N3O.C2H4O/c1-32-10-7-25(31-20-8-11-34-12-9-20)24(16-32)27(28)22-4-2-3-18-13-26(30-15-23(18)22)19-5-6-21(17-33)29-14-19;1-14(2)9-15(3,4)13(14)18-11-6-5-10(8-17)12(16)7-11;10-4-2-1-3-9-11-5-8(7-13)6-12-9;1-2-3/h2-6,13-15,17,20H,7-12,16,28H2,1H3;5-7,13H,9H2,1-4H3;5-7H,1-4,10H2;2H,1H3/b27-24-,31-25?;;;. The molecule has 14 nitrogen and oxygen atoms in total. The van der Waals surface area contributed by atoms with Crippen LogP contribution in [0.15, 0.2) is 90.0 Å².